The molecule has 1 rings (SSSR count). The van der Waals surface area contributed by atoms with E-state index in [0.29, 0.717) is 12.1 Å². The van der Waals surface area contributed by atoms with Gasteiger partial charge in [0, 0.05) is 29.1 Å². The first-order chi connectivity index (χ1) is 7.56. The molecule has 0 fully saturated rings. The molecule has 0 spiro atoms. The summed E-state index contributed by atoms with van der Waals surface area (Å²) in [7, 11) is 0. The Kier molecular flexibility index (Phi) is 4.21. The van der Waals surface area contributed by atoms with Crippen LogP contribution in [0.5, 0.6) is 0 Å². The summed E-state index contributed by atoms with van der Waals surface area (Å²) in [5.74, 6) is -0.380. The summed E-state index contributed by atoms with van der Waals surface area (Å²) in [4.78, 5) is 1.09. The van der Waals surface area contributed by atoms with E-state index in [4.69, 9.17) is 28.0 Å². The molecule has 0 unspecified atom stereocenters. The molecular weight excluding hydrogens is 224 g/mol. The summed E-state index contributed by atoms with van der Waals surface area (Å²) < 4.78 is 0. The van der Waals surface area contributed by atoms with Gasteiger partial charge < -0.3 is 28.0 Å². The molecule has 9 N–H and O–H groups in total. The van der Waals surface area contributed by atoms with Gasteiger partial charge in [-0.3, -0.25) is 0 Å². The number of nitrogens with two attached hydrogens (primary N) is 4. The van der Waals surface area contributed by atoms with Gasteiger partial charge in [-0.2, -0.15) is 0 Å². The van der Waals surface area contributed by atoms with Crippen molar-refractivity contribution in [3.8, 4) is 0 Å². The van der Waals surface area contributed by atoms with Crippen LogP contribution in [0.2, 0.25) is 0 Å². The molecule has 5 nitrogen and oxygen atoms in total. The lowest BCUT2D eigenvalue weighted by Gasteiger charge is -2.10. The highest BCUT2D eigenvalue weighted by atomic mass is 32.1. The third-order valence-corrected chi connectivity index (χ3v) is 3.01. The second-order valence-corrected chi connectivity index (χ2v) is 4.30. The molecule has 0 aliphatic rings. The smallest absolute Gasteiger partial charge is 0.188 e. The first-order valence-electron chi connectivity index (χ1n) is 4.70. The topological polar surface area (TPSA) is 124 Å². The average molecular weight is 240 g/mol. The van der Waals surface area contributed by atoms with Gasteiger partial charge in [0.05, 0.1) is 5.70 Å². The summed E-state index contributed by atoms with van der Waals surface area (Å²) in [6, 6.07) is 3.89. The number of hydrogen-bond acceptors (Lipinski definition) is 6. The van der Waals surface area contributed by atoms with Gasteiger partial charge in [-0.1, -0.05) is 6.07 Å². The van der Waals surface area contributed by atoms with Gasteiger partial charge in [0.25, 0.3) is 0 Å². The van der Waals surface area contributed by atoms with Gasteiger partial charge in [0.2, 0.25) is 0 Å². The Morgan fingerprint density at radius 3 is 2.44 bits per heavy atom. The number of allylic oxidation sites excluding steroid dienone is 1. The minimum absolute atomic E-state index is 0.0549. The largest absolute Gasteiger partial charge is 0.495 e. The lowest BCUT2D eigenvalue weighted by atomic mass is 10.1. The molecule has 0 aromatic carbocycles. The molecule has 0 bridgehead atoms. The van der Waals surface area contributed by atoms with Crippen molar-refractivity contribution in [2.24, 2.45) is 22.9 Å². The van der Waals surface area contributed by atoms with Crippen LogP contribution in [0.25, 0.3) is 0 Å². The Hall–Kier alpha value is -1.66. The number of aliphatic hydroxyl groups is 1. The predicted octanol–water partition coefficient (Wildman–Crippen LogP) is 0.107. The summed E-state index contributed by atoms with van der Waals surface area (Å²) in [6.07, 6.45) is 0.528. The minimum Gasteiger partial charge on any atom is -0.495 e. The lowest BCUT2D eigenvalue weighted by Crippen LogP contribution is -2.21. The molecule has 1 aromatic heterocycles. The number of hydrogen-bond donors (Lipinski definition) is 5. The van der Waals surface area contributed by atoms with Crippen molar-refractivity contribution in [1.82, 2.24) is 0 Å². The van der Waals surface area contributed by atoms with E-state index >= 15 is 0 Å². The lowest BCUT2D eigenvalue weighted by molar-refractivity contribution is 0.398. The van der Waals surface area contributed by atoms with Crippen LogP contribution in [0.3, 0.4) is 0 Å². The Bertz CT molecular complexity index is 404. The maximum absolute atomic E-state index is 9.17. The first kappa shape index (κ1) is 12.4. The minimum atomic E-state index is -0.380. The molecule has 0 radical (unpaired) electrons. The van der Waals surface area contributed by atoms with Gasteiger partial charge in [-0.05, 0) is 11.4 Å². The van der Waals surface area contributed by atoms with Gasteiger partial charge in [0.1, 0.15) is 0 Å². The highest BCUT2D eigenvalue weighted by Crippen LogP contribution is 2.15. The van der Waals surface area contributed by atoms with Crippen LogP contribution >= 0.6 is 11.3 Å². The number of thiophene rings is 1. The molecule has 0 aliphatic heterocycles. The molecule has 1 heterocycles. The fraction of sp³-hybridized carbons (Fsp3) is 0.200. The van der Waals surface area contributed by atoms with E-state index in [1.54, 1.807) is 11.3 Å². The van der Waals surface area contributed by atoms with Crippen LogP contribution in [-0.2, 0) is 6.42 Å². The van der Waals surface area contributed by atoms with Gasteiger partial charge in [0.15, 0.2) is 5.88 Å². The Morgan fingerprint density at radius 1 is 1.31 bits per heavy atom. The van der Waals surface area contributed by atoms with E-state index in [-0.39, 0.29) is 23.7 Å². The van der Waals surface area contributed by atoms with Crippen LogP contribution < -0.4 is 22.9 Å². The van der Waals surface area contributed by atoms with E-state index in [1.165, 1.54) is 0 Å². The van der Waals surface area contributed by atoms with E-state index in [1.807, 2.05) is 17.5 Å². The molecule has 0 saturated heterocycles. The number of aliphatic hydroxyl groups excluding tert-OH is 1. The summed E-state index contributed by atoms with van der Waals surface area (Å²) in [6.45, 7) is 0.0549. The average Bonchev–Trinajstić information content (AvgIpc) is 2.70. The van der Waals surface area contributed by atoms with Crippen LogP contribution in [-0.4, -0.2) is 11.7 Å². The zero-order valence-corrected chi connectivity index (χ0v) is 9.63. The maximum Gasteiger partial charge on any atom is 0.188 e. The fourth-order valence-corrected chi connectivity index (χ4v) is 1.97. The fourth-order valence-electron chi connectivity index (χ4n) is 1.24. The Labute approximate surface area is 98.0 Å². The molecule has 88 valence electrons. The van der Waals surface area contributed by atoms with Crippen LogP contribution in [0, 0.1) is 0 Å². The third-order valence-electron chi connectivity index (χ3n) is 2.13. The van der Waals surface area contributed by atoms with Gasteiger partial charge in [-0.25, -0.2) is 0 Å². The van der Waals surface area contributed by atoms with E-state index in [0.717, 1.165) is 4.88 Å². The molecule has 16 heavy (non-hydrogen) atoms. The molecule has 6 heteroatoms. The SMILES string of the molecule is NCC(=C(/N)O)/C(N)=C(\N)Cc1cccs1. The van der Waals surface area contributed by atoms with Crippen molar-refractivity contribution in [2.75, 3.05) is 6.54 Å². The molecular formula is C10H16N4OS. The Morgan fingerprint density at radius 2 is 2.00 bits per heavy atom. The second-order valence-electron chi connectivity index (χ2n) is 3.26. The molecule has 0 saturated carbocycles. The van der Waals surface area contributed by atoms with Crippen LogP contribution in [0.1, 0.15) is 4.88 Å². The normalized spacial score (nSPS) is 14.3. The van der Waals surface area contributed by atoms with Crippen LogP contribution in [0.15, 0.2) is 40.4 Å². The monoisotopic (exact) mass is 240 g/mol. The van der Waals surface area contributed by atoms with Crippen molar-refractivity contribution in [2.45, 2.75) is 6.42 Å². The highest BCUT2D eigenvalue weighted by Gasteiger charge is 2.09. The molecule has 1 aromatic rings. The zero-order chi connectivity index (χ0) is 12.1. The summed E-state index contributed by atoms with van der Waals surface area (Å²) in [5.41, 5.74) is 23.3. The van der Waals surface area contributed by atoms with Crippen LogP contribution in [0.4, 0.5) is 0 Å². The van der Waals surface area contributed by atoms with E-state index in [2.05, 4.69) is 0 Å². The van der Waals surface area contributed by atoms with E-state index < -0.39 is 0 Å². The quantitative estimate of drug-likeness (QED) is 0.377. The van der Waals surface area contributed by atoms with Crippen molar-refractivity contribution in [3.63, 3.8) is 0 Å². The van der Waals surface area contributed by atoms with Crippen molar-refractivity contribution >= 4 is 11.3 Å². The molecule has 0 amide bonds. The van der Waals surface area contributed by atoms with Crippen molar-refractivity contribution < 1.29 is 5.11 Å². The predicted molar refractivity (Wildman–Crippen MR) is 66.3 cm³/mol. The van der Waals surface area contributed by atoms with Crippen molar-refractivity contribution in [3.05, 3.63) is 45.2 Å². The Balaban J connectivity index is 2.92. The van der Waals surface area contributed by atoms with Gasteiger partial charge in [-0.15, -0.1) is 11.3 Å². The van der Waals surface area contributed by atoms with Crippen molar-refractivity contribution in [1.29, 1.82) is 0 Å². The second kappa shape index (κ2) is 5.43. The summed E-state index contributed by atoms with van der Waals surface area (Å²) >= 11 is 1.59. The maximum atomic E-state index is 9.17. The zero-order valence-electron chi connectivity index (χ0n) is 8.81. The summed E-state index contributed by atoms with van der Waals surface area (Å²) in [5, 5.41) is 11.1. The van der Waals surface area contributed by atoms with E-state index in [9.17, 15) is 0 Å². The third kappa shape index (κ3) is 2.91. The van der Waals surface area contributed by atoms with Gasteiger partial charge >= 0.3 is 0 Å². The molecule has 0 aliphatic carbocycles. The first-order valence-corrected chi connectivity index (χ1v) is 5.58. The molecule has 0 atom stereocenters. The highest BCUT2D eigenvalue weighted by molar-refractivity contribution is 7.09. The standard InChI is InChI=1S/C10H16N4OS/c11-5-7(10(14)15)9(13)8(12)4-6-2-1-3-16-6/h1-3,15H,4-5,11-14H2/b9-8+,10-7+. The number of rotatable bonds is 4.